The van der Waals surface area contributed by atoms with Crippen LogP contribution < -0.4 is 10.6 Å². The summed E-state index contributed by atoms with van der Waals surface area (Å²) >= 11 is 3.56. The molecule has 0 saturated carbocycles. The van der Waals surface area contributed by atoms with Gasteiger partial charge in [-0.2, -0.15) is 0 Å². The summed E-state index contributed by atoms with van der Waals surface area (Å²) in [5, 5.41) is 6.37. The van der Waals surface area contributed by atoms with Crippen LogP contribution in [0.2, 0.25) is 0 Å². The standard InChI is InChI=1S/C16H25BrN2O/c1-6-13(7-2)19-16(20)12(5)18-15-11(4)8-10(3)9-14(15)17/h8-9,12-13,18H,6-7H2,1-5H3,(H,19,20). The Kier molecular flexibility index (Phi) is 6.53. The summed E-state index contributed by atoms with van der Waals surface area (Å²) in [6.45, 7) is 10.2. The zero-order chi connectivity index (χ0) is 15.3. The van der Waals surface area contributed by atoms with E-state index in [1.54, 1.807) is 0 Å². The lowest BCUT2D eigenvalue weighted by Crippen LogP contribution is -2.43. The van der Waals surface area contributed by atoms with E-state index in [1.807, 2.05) is 13.8 Å². The molecule has 0 aliphatic carbocycles. The van der Waals surface area contributed by atoms with Crippen molar-refractivity contribution < 1.29 is 4.79 Å². The van der Waals surface area contributed by atoms with Gasteiger partial charge in [0.2, 0.25) is 5.91 Å². The molecule has 1 rings (SSSR count). The van der Waals surface area contributed by atoms with Crippen LogP contribution in [0.4, 0.5) is 5.69 Å². The minimum atomic E-state index is -0.256. The molecule has 112 valence electrons. The summed E-state index contributed by atoms with van der Waals surface area (Å²) in [5.41, 5.74) is 3.33. The fourth-order valence-electron chi connectivity index (χ4n) is 2.20. The highest BCUT2D eigenvalue weighted by molar-refractivity contribution is 9.10. The van der Waals surface area contributed by atoms with Gasteiger partial charge in [-0.25, -0.2) is 0 Å². The van der Waals surface area contributed by atoms with Gasteiger partial charge in [-0.05, 0) is 66.7 Å². The lowest BCUT2D eigenvalue weighted by Gasteiger charge is -2.21. The van der Waals surface area contributed by atoms with Gasteiger partial charge < -0.3 is 10.6 Å². The van der Waals surface area contributed by atoms with Gasteiger partial charge in [0.05, 0.1) is 5.69 Å². The predicted molar refractivity (Wildman–Crippen MR) is 89.2 cm³/mol. The summed E-state index contributed by atoms with van der Waals surface area (Å²) in [7, 11) is 0. The van der Waals surface area contributed by atoms with Crippen molar-refractivity contribution in [2.45, 2.75) is 59.5 Å². The molecule has 1 aromatic rings. The number of halogens is 1. The van der Waals surface area contributed by atoms with Gasteiger partial charge in [0.15, 0.2) is 0 Å². The van der Waals surface area contributed by atoms with E-state index >= 15 is 0 Å². The minimum absolute atomic E-state index is 0.0468. The van der Waals surface area contributed by atoms with Crippen molar-refractivity contribution >= 4 is 27.5 Å². The number of benzene rings is 1. The molecule has 0 saturated heterocycles. The molecule has 0 heterocycles. The second kappa shape index (κ2) is 7.67. The molecule has 0 fully saturated rings. The summed E-state index contributed by atoms with van der Waals surface area (Å²) in [4.78, 5) is 12.2. The number of aryl methyl sites for hydroxylation is 2. The molecule has 3 nitrogen and oxygen atoms in total. The zero-order valence-corrected chi connectivity index (χ0v) is 14.6. The average molecular weight is 341 g/mol. The molecule has 2 N–H and O–H groups in total. The predicted octanol–water partition coefficient (Wildman–Crippen LogP) is 4.17. The summed E-state index contributed by atoms with van der Waals surface area (Å²) in [6, 6.07) is 4.17. The molecular weight excluding hydrogens is 316 g/mol. The topological polar surface area (TPSA) is 41.1 Å². The quantitative estimate of drug-likeness (QED) is 0.815. The van der Waals surface area contributed by atoms with Crippen LogP contribution in [0.15, 0.2) is 16.6 Å². The van der Waals surface area contributed by atoms with Crippen LogP contribution in [0.5, 0.6) is 0 Å². The molecule has 1 amide bonds. The van der Waals surface area contributed by atoms with Gasteiger partial charge in [-0.3, -0.25) is 4.79 Å². The molecule has 4 heteroatoms. The van der Waals surface area contributed by atoms with E-state index in [2.05, 4.69) is 59.5 Å². The first-order valence-corrected chi connectivity index (χ1v) is 8.01. The summed E-state index contributed by atoms with van der Waals surface area (Å²) < 4.78 is 0.997. The van der Waals surface area contributed by atoms with Crippen molar-refractivity contribution in [3.05, 3.63) is 27.7 Å². The third-order valence-electron chi connectivity index (χ3n) is 3.52. The second-order valence-corrected chi connectivity index (χ2v) is 6.18. The number of hydrogen-bond acceptors (Lipinski definition) is 2. The van der Waals surface area contributed by atoms with Crippen molar-refractivity contribution in [2.24, 2.45) is 0 Å². The van der Waals surface area contributed by atoms with Crippen LogP contribution in [-0.2, 0) is 4.79 Å². The molecule has 0 aliphatic rings. The number of carbonyl (C=O) groups excluding carboxylic acids is 1. The van der Waals surface area contributed by atoms with E-state index in [-0.39, 0.29) is 18.0 Å². The Morgan fingerprint density at radius 1 is 1.25 bits per heavy atom. The first kappa shape index (κ1) is 17.0. The van der Waals surface area contributed by atoms with E-state index in [1.165, 1.54) is 5.56 Å². The molecule has 0 aromatic heterocycles. The maximum absolute atomic E-state index is 12.2. The number of hydrogen-bond donors (Lipinski definition) is 2. The second-order valence-electron chi connectivity index (χ2n) is 5.33. The van der Waals surface area contributed by atoms with Crippen LogP contribution in [0.1, 0.15) is 44.7 Å². The molecule has 1 unspecified atom stereocenters. The minimum Gasteiger partial charge on any atom is -0.373 e. The molecular formula is C16H25BrN2O. The maximum Gasteiger partial charge on any atom is 0.242 e. The Morgan fingerprint density at radius 3 is 2.35 bits per heavy atom. The van der Waals surface area contributed by atoms with Crippen molar-refractivity contribution in [3.8, 4) is 0 Å². The molecule has 0 aliphatic heterocycles. The van der Waals surface area contributed by atoms with Gasteiger partial charge >= 0.3 is 0 Å². The van der Waals surface area contributed by atoms with Crippen LogP contribution in [0, 0.1) is 13.8 Å². The van der Waals surface area contributed by atoms with Crippen LogP contribution in [0.25, 0.3) is 0 Å². The van der Waals surface area contributed by atoms with Gasteiger partial charge in [0.1, 0.15) is 6.04 Å². The number of rotatable bonds is 6. The smallest absolute Gasteiger partial charge is 0.242 e. The Morgan fingerprint density at radius 2 is 1.85 bits per heavy atom. The summed E-state index contributed by atoms with van der Waals surface area (Å²) in [5.74, 6) is 0.0468. The van der Waals surface area contributed by atoms with Crippen molar-refractivity contribution in [2.75, 3.05) is 5.32 Å². The van der Waals surface area contributed by atoms with Gasteiger partial charge in [0, 0.05) is 10.5 Å². The van der Waals surface area contributed by atoms with Crippen LogP contribution in [0.3, 0.4) is 0 Å². The Labute approximate surface area is 130 Å². The fourth-order valence-corrected chi connectivity index (χ4v) is 2.99. The lowest BCUT2D eigenvalue weighted by atomic mass is 10.1. The van der Waals surface area contributed by atoms with Gasteiger partial charge in [-0.15, -0.1) is 0 Å². The Hall–Kier alpha value is -1.03. The molecule has 20 heavy (non-hydrogen) atoms. The lowest BCUT2D eigenvalue weighted by molar-refractivity contribution is -0.122. The first-order valence-electron chi connectivity index (χ1n) is 7.22. The monoisotopic (exact) mass is 340 g/mol. The normalized spacial score (nSPS) is 12.3. The van der Waals surface area contributed by atoms with Gasteiger partial charge in [0.25, 0.3) is 0 Å². The molecule has 0 radical (unpaired) electrons. The Bertz CT molecular complexity index is 447. The first-order chi connectivity index (χ1) is 9.38. The highest BCUT2D eigenvalue weighted by Gasteiger charge is 2.17. The highest BCUT2D eigenvalue weighted by Crippen LogP contribution is 2.28. The molecule has 1 aromatic carbocycles. The third-order valence-corrected chi connectivity index (χ3v) is 4.14. The number of carbonyl (C=O) groups is 1. The molecule has 0 bridgehead atoms. The van der Waals surface area contributed by atoms with E-state index in [0.29, 0.717) is 0 Å². The average Bonchev–Trinajstić information content (AvgIpc) is 2.39. The summed E-state index contributed by atoms with van der Waals surface area (Å²) in [6.07, 6.45) is 1.92. The van der Waals surface area contributed by atoms with E-state index in [0.717, 1.165) is 28.6 Å². The number of nitrogens with one attached hydrogen (secondary N) is 2. The number of amides is 1. The van der Waals surface area contributed by atoms with Gasteiger partial charge in [-0.1, -0.05) is 19.9 Å². The van der Waals surface area contributed by atoms with E-state index in [9.17, 15) is 4.79 Å². The largest absolute Gasteiger partial charge is 0.373 e. The van der Waals surface area contributed by atoms with E-state index < -0.39 is 0 Å². The van der Waals surface area contributed by atoms with Crippen LogP contribution in [-0.4, -0.2) is 18.0 Å². The fraction of sp³-hybridized carbons (Fsp3) is 0.562. The van der Waals surface area contributed by atoms with E-state index in [4.69, 9.17) is 0 Å². The molecule has 0 spiro atoms. The maximum atomic E-state index is 12.2. The van der Waals surface area contributed by atoms with Crippen LogP contribution >= 0.6 is 15.9 Å². The number of anilines is 1. The zero-order valence-electron chi connectivity index (χ0n) is 13.0. The highest BCUT2D eigenvalue weighted by atomic mass is 79.9. The van der Waals surface area contributed by atoms with Crippen molar-refractivity contribution in [1.82, 2.24) is 5.32 Å². The van der Waals surface area contributed by atoms with Crippen molar-refractivity contribution in [3.63, 3.8) is 0 Å². The van der Waals surface area contributed by atoms with Crippen molar-refractivity contribution in [1.29, 1.82) is 0 Å². The third kappa shape index (κ3) is 4.51. The SMILES string of the molecule is CCC(CC)NC(=O)C(C)Nc1c(C)cc(C)cc1Br. The Balaban J connectivity index is 2.76. The molecule has 1 atom stereocenters.